The van der Waals surface area contributed by atoms with Crippen molar-refractivity contribution in [2.24, 2.45) is 0 Å². The van der Waals surface area contributed by atoms with Crippen LogP contribution in [0.4, 0.5) is 0 Å². The van der Waals surface area contributed by atoms with Crippen LogP contribution in [-0.2, 0) is 31.2 Å². The van der Waals surface area contributed by atoms with E-state index >= 15 is 0 Å². The second-order valence-corrected chi connectivity index (χ2v) is 2.22. The zero-order valence-corrected chi connectivity index (χ0v) is 7.85. The number of hydrogen-bond donors (Lipinski definition) is 2. The zero-order chi connectivity index (χ0) is 10.4. The minimum Gasteiger partial charge on any atom is -0.550 e. The van der Waals surface area contributed by atoms with Crippen LogP contribution in [-0.4, -0.2) is 35.6 Å². The van der Waals surface area contributed by atoms with Gasteiger partial charge in [-0.1, -0.05) is 0 Å². The molecule has 0 heterocycles. The summed E-state index contributed by atoms with van der Waals surface area (Å²) in [5.74, 6) is -4.55. The maximum absolute atomic E-state index is 10.2. The molecule has 7 nitrogen and oxygen atoms in total. The van der Waals surface area contributed by atoms with E-state index in [0.717, 1.165) is 0 Å². The summed E-state index contributed by atoms with van der Waals surface area (Å²) in [5.41, 5.74) is 0. The van der Waals surface area contributed by atoms with Crippen molar-refractivity contribution in [1.82, 2.24) is 5.32 Å². The average Bonchev–Trinajstić information content (AvgIpc) is 1.96. The van der Waals surface area contributed by atoms with Crippen molar-refractivity contribution in [2.45, 2.75) is 12.5 Å². The van der Waals surface area contributed by atoms with Crippen LogP contribution in [0.3, 0.4) is 0 Å². The Morgan fingerprint density at radius 1 is 1.29 bits per heavy atom. The number of carbonyl (C=O) groups is 3. The molecule has 1 radical (unpaired) electrons. The molecule has 14 heavy (non-hydrogen) atoms. The van der Waals surface area contributed by atoms with E-state index in [1.165, 1.54) is 0 Å². The second-order valence-electron chi connectivity index (χ2n) is 2.22. The molecule has 0 saturated heterocycles. The van der Waals surface area contributed by atoms with Crippen LogP contribution in [0.2, 0.25) is 0 Å². The number of carbonyl (C=O) groups excluding carboxylic acids is 2. The van der Waals surface area contributed by atoms with Gasteiger partial charge in [-0.2, -0.15) is 0 Å². The third-order valence-corrected chi connectivity index (χ3v) is 1.15. The molecule has 0 aliphatic carbocycles. The average molecular weight is 248 g/mol. The first kappa shape index (κ1) is 15.4. The molecular formula is C6H7CoNO6. The van der Waals surface area contributed by atoms with E-state index in [-0.39, 0.29) is 16.8 Å². The third kappa shape index (κ3) is 7.52. The molecule has 0 aromatic heterocycles. The van der Waals surface area contributed by atoms with Crippen molar-refractivity contribution in [3.63, 3.8) is 0 Å². The van der Waals surface area contributed by atoms with Gasteiger partial charge in [0.15, 0.2) is 0 Å². The molecule has 0 fully saturated rings. The van der Waals surface area contributed by atoms with Crippen LogP contribution < -0.4 is 15.5 Å². The molecule has 8 heteroatoms. The number of carboxylic acid groups (broad SMARTS) is 3. The maximum atomic E-state index is 10.2. The number of nitrogens with one attached hydrogen (secondary N) is 1. The molecule has 0 aliphatic rings. The van der Waals surface area contributed by atoms with E-state index in [0.29, 0.717) is 0 Å². The Hall–Kier alpha value is -1.12. The van der Waals surface area contributed by atoms with Crippen LogP contribution in [0, 0.1) is 0 Å². The van der Waals surface area contributed by atoms with Crippen molar-refractivity contribution in [3.05, 3.63) is 0 Å². The van der Waals surface area contributed by atoms with Gasteiger partial charge < -0.3 is 24.9 Å². The molecule has 0 aliphatic heterocycles. The largest absolute Gasteiger partial charge is 2.00 e. The molecule has 81 valence electrons. The van der Waals surface area contributed by atoms with Crippen molar-refractivity contribution in [2.75, 3.05) is 6.54 Å². The van der Waals surface area contributed by atoms with E-state index in [2.05, 4.69) is 0 Å². The summed E-state index contributed by atoms with van der Waals surface area (Å²) < 4.78 is 0. The molecule has 0 aromatic rings. The Balaban J connectivity index is 0. The molecule has 0 rings (SSSR count). The minimum absolute atomic E-state index is 0. The molecule has 0 saturated carbocycles. The van der Waals surface area contributed by atoms with Gasteiger partial charge in [0.25, 0.3) is 0 Å². The van der Waals surface area contributed by atoms with Crippen molar-refractivity contribution in [1.29, 1.82) is 0 Å². The summed E-state index contributed by atoms with van der Waals surface area (Å²) in [5, 5.41) is 30.3. The first-order valence-electron chi connectivity index (χ1n) is 3.29. The standard InChI is InChI=1S/C6H9NO6.Co/c8-4(9)1-3(6(12)13)7-2-5(10)11;/h3,7H,1-2H2,(H,8,9)(H,10,11)(H,12,13);/q;+2/p-2/t3-;/m0./s1. The Bertz CT molecular complexity index is 230. The van der Waals surface area contributed by atoms with E-state index in [1.54, 1.807) is 0 Å². The van der Waals surface area contributed by atoms with Crippen LogP contribution in [0.1, 0.15) is 6.42 Å². The third-order valence-electron chi connectivity index (χ3n) is 1.15. The van der Waals surface area contributed by atoms with Crippen LogP contribution >= 0.6 is 0 Å². The predicted molar refractivity (Wildman–Crippen MR) is 34.1 cm³/mol. The maximum Gasteiger partial charge on any atom is 2.00 e. The van der Waals surface area contributed by atoms with Gasteiger partial charge in [-0.25, -0.2) is 0 Å². The minimum atomic E-state index is -1.68. The number of rotatable bonds is 6. The Morgan fingerprint density at radius 3 is 2.07 bits per heavy atom. The summed E-state index contributed by atoms with van der Waals surface area (Å²) in [4.78, 5) is 30.1. The molecule has 1 atom stereocenters. The fourth-order valence-corrected chi connectivity index (χ4v) is 0.616. The van der Waals surface area contributed by atoms with Crippen LogP contribution in [0.15, 0.2) is 0 Å². The summed E-state index contributed by atoms with van der Waals surface area (Å²) in [6, 6.07) is -1.54. The molecule has 0 unspecified atom stereocenters. The molecule has 0 amide bonds. The van der Waals surface area contributed by atoms with Crippen molar-refractivity contribution in [3.8, 4) is 0 Å². The fourth-order valence-electron chi connectivity index (χ4n) is 0.616. The fraction of sp³-hybridized carbons (Fsp3) is 0.500. The van der Waals surface area contributed by atoms with E-state index in [1.807, 2.05) is 5.32 Å². The van der Waals surface area contributed by atoms with E-state index in [4.69, 9.17) is 5.11 Å². The van der Waals surface area contributed by atoms with Gasteiger partial charge in [0, 0.05) is 12.4 Å². The summed E-state index contributed by atoms with van der Waals surface area (Å²) in [6.07, 6.45) is -0.824. The second kappa shape index (κ2) is 7.30. The summed E-state index contributed by atoms with van der Waals surface area (Å²) >= 11 is 0. The van der Waals surface area contributed by atoms with Gasteiger partial charge in [-0.05, 0) is 0 Å². The number of aliphatic carboxylic acids is 3. The SMILES string of the molecule is O=C([O-])C[C@H](NCC(=O)O)C(=O)[O-].[Co+2]. The van der Waals surface area contributed by atoms with Crippen molar-refractivity contribution < 1.29 is 46.5 Å². The Labute approximate surface area is 89.3 Å². The summed E-state index contributed by atoms with van der Waals surface area (Å²) in [7, 11) is 0. The molecule has 2 N–H and O–H groups in total. The topological polar surface area (TPSA) is 130 Å². The number of carboxylic acids is 3. The quantitative estimate of drug-likeness (QED) is 0.488. The van der Waals surface area contributed by atoms with Gasteiger partial charge in [0.05, 0.1) is 18.6 Å². The van der Waals surface area contributed by atoms with E-state index in [9.17, 15) is 24.6 Å². The number of hydrogen-bond acceptors (Lipinski definition) is 6. The van der Waals surface area contributed by atoms with Crippen LogP contribution in [0.5, 0.6) is 0 Å². The summed E-state index contributed by atoms with van der Waals surface area (Å²) in [6.45, 7) is -0.647. The van der Waals surface area contributed by atoms with Gasteiger partial charge in [0.1, 0.15) is 0 Å². The Morgan fingerprint density at radius 2 is 1.79 bits per heavy atom. The first-order chi connectivity index (χ1) is 5.93. The molecule has 0 spiro atoms. The monoisotopic (exact) mass is 248 g/mol. The predicted octanol–water partition coefficient (Wildman–Crippen LogP) is -4.08. The normalized spacial score (nSPS) is 11.1. The van der Waals surface area contributed by atoms with Crippen molar-refractivity contribution >= 4 is 17.9 Å². The van der Waals surface area contributed by atoms with E-state index < -0.39 is 36.9 Å². The van der Waals surface area contributed by atoms with Crippen LogP contribution in [0.25, 0.3) is 0 Å². The van der Waals surface area contributed by atoms with Gasteiger partial charge in [-0.3, -0.25) is 10.1 Å². The molecular weight excluding hydrogens is 241 g/mol. The molecule has 0 bridgehead atoms. The smallest absolute Gasteiger partial charge is 0.550 e. The first-order valence-corrected chi connectivity index (χ1v) is 3.29. The zero-order valence-electron chi connectivity index (χ0n) is 6.81. The molecule has 0 aromatic carbocycles. The van der Waals surface area contributed by atoms with Gasteiger partial charge >= 0.3 is 22.7 Å². The Kier molecular flexibility index (Phi) is 8.00. The van der Waals surface area contributed by atoms with Gasteiger partial charge in [-0.15, -0.1) is 0 Å². The van der Waals surface area contributed by atoms with Gasteiger partial charge in [0.2, 0.25) is 0 Å².